The van der Waals surface area contributed by atoms with E-state index in [4.69, 9.17) is 0 Å². The first-order valence-electron chi connectivity index (χ1n) is 11.0. The number of halogens is 1. The van der Waals surface area contributed by atoms with Gasteiger partial charge in [-0.05, 0) is 61.4 Å². The average Bonchev–Trinajstić information content (AvgIpc) is 2.86. The van der Waals surface area contributed by atoms with E-state index < -0.39 is 34.3 Å². The second-order valence-electron chi connectivity index (χ2n) is 8.04. The van der Waals surface area contributed by atoms with Crippen molar-refractivity contribution in [1.82, 2.24) is 10.2 Å². The van der Waals surface area contributed by atoms with E-state index in [0.717, 1.165) is 27.6 Å². The van der Waals surface area contributed by atoms with Gasteiger partial charge >= 0.3 is 0 Å². The minimum Gasteiger partial charge on any atom is -0.357 e. The Labute approximate surface area is 205 Å². The molecule has 9 heteroatoms. The summed E-state index contributed by atoms with van der Waals surface area (Å²) in [5, 5.41) is 2.54. The maximum absolute atomic E-state index is 13.6. The predicted octanol–water partition coefficient (Wildman–Crippen LogP) is 3.49. The van der Waals surface area contributed by atoms with E-state index >= 15 is 0 Å². The van der Waals surface area contributed by atoms with Crippen molar-refractivity contribution >= 4 is 27.5 Å². The highest BCUT2D eigenvalue weighted by Crippen LogP contribution is 2.25. The minimum absolute atomic E-state index is 0.0121. The molecule has 7 nitrogen and oxygen atoms in total. The van der Waals surface area contributed by atoms with Crippen molar-refractivity contribution in [2.75, 3.05) is 17.9 Å². The van der Waals surface area contributed by atoms with Gasteiger partial charge in [-0.2, -0.15) is 0 Å². The van der Waals surface area contributed by atoms with Crippen LogP contribution in [0, 0.1) is 12.7 Å². The van der Waals surface area contributed by atoms with Gasteiger partial charge in [0.15, 0.2) is 0 Å². The van der Waals surface area contributed by atoms with E-state index in [9.17, 15) is 22.4 Å². The predicted molar refractivity (Wildman–Crippen MR) is 133 cm³/mol. The maximum Gasteiger partial charge on any atom is 0.264 e. The number of rotatable bonds is 9. The SMILES string of the molecule is CNC(=O)[C@H](C)N(Cc1ccccc1C)C(=O)CN(c1ccc(F)cc1)S(=O)(=O)c1ccccc1. The van der Waals surface area contributed by atoms with E-state index in [1.807, 2.05) is 31.2 Å². The van der Waals surface area contributed by atoms with Crippen LogP contribution in [0.15, 0.2) is 83.8 Å². The molecule has 35 heavy (non-hydrogen) atoms. The number of benzene rings is 3. The number of anilines is 1. The number of sulfonamides is 1. The summed E-state index contributed by atoms with van der Waals surface area (Å²) in [6, 6.07) is 19.1. The molecule has 0 aliphatic rings. The summed E-state index contributed by atoms with van der Waals surface area (Å²) < 4.78 is 41.6. The smallest absolute Gasteiger partial charge is 0.264 e. The molecule has 0 spiro atoms. The number of nitrogens with zero attached hydrogens (tertiary/aromatic N) is 2. The van der Waals surface area contributed by atoms with Crippen molar-refractivity contribution in [2.24, 2.45) is 0 Å². The lowest BCUT2D eigenvalue weighted by atomic mass is 10.1. The third-order valence-electron chi connectivity index (χ3n) is 5.74. The van der Waals surface area contributed by atoms with Crippen LogP contribution < -0.4 is 9.62 Å². The third-order valence-corrected chi connectivity index (χ3v) is 7.53. The van der Waals surface area contributed by atoms with Crippen molar-refractivity contribution in [3.8, 4) is 0 Å². The molecule has 3 rings (SSSR count). The van der Waals surface area contributed by atoms with E-state index in [-0.39, 0.29) is 23.0 Å². The summed E-state index contributed by atoms with van der Waals surface area (Å²) in [4.78, 5) is 27.4. The molecule has 0 aromatic heterocycles. The van der Waals surface area contributed by atoms with Gasteiger partial charge in [0.1, 0.15) is 18.4 Å². The van der Waals surface area contributed by atoms with Gasteiger partial charge in [0.2, 0.25) is 11.8 Å². The summed E-state index contributed by atoms with van der Waals surface area (Å²) in [5.41, 5.74) is 1.89. The van der Waals surface area contributed by atoms with Gasteiger partial charge in [0.25, 0.3) is 10.0 Å². The Kier molecular flexibility index (Phi) is 8.24. The molecular formula is C26H28FN3O4S. The molecular weight excluding hydrogens is 469 g/mol. The van der Waals surface area contributed by atoms with Gasteiger partial charge < -0.3 is 10.2 Å². The van der Waals surface area contributed by atoms with Gasteiger partial charge in [-0.3, -0.25) is 13.9 Å². The highest BCUT2D eigenvalue weighted by molar-refractivity contribution is 7.92. The number of likely N-dealkylation sites (N-methyl/N-ethyl adjacent to an activating group) is 1. The Hall–Kier alpha value is -3.72. The molecule has 1 N–H and O–H groups in total. The van der Waals surface area contributed by atoms with Crippen LogP contribution in [0.3, 0.4) is 0 Å². The number of aryl methyl sites for hydroxylation is 1. The molecule has 0 saturated heterocycles. The largest absolute Gasteiger partial charge is 0.357 e. The third kappa shape index (κ3) is 6.05. The molecule has 0 aliphatic heterocycles. The van der Waals surface area contributed by atoms with Crippen molar-refractivity contribution in [3.05, 3.63) is 95.8 Å². The van der Waals surface area contributed by atoms with Crippen molar-refractivity contribution < 1.29 is 22.4 Å². The Bertz CT molecular complexity index is 1280. The van der Waals surface area contributed by atoms with Crippen LogP contribution in [0.25, 0.3) is 0 Å². The zero-order valence-electron chi connectivity index (χ0n) is 19.8. The van der Waals surface area contributed by atoms with Crippen LogP contribution in [0.2, 0.25) is 0 Å². The molecule has 0 bridgehead atoms. The number of amides is 2. The van der Waals surface area contributed by atoms with Crippen molar-refractivity contribution in [2.45, 2.75) is 31.3 Å². The van der Waals surface area contributed by atoms with Crippen LogP contribution in [-0.2, 0) is 26.2 Å². The molecule has 3 aromatic carbocycles. The van der Waals surface area contributed by atoms with Gasteiger partial charge in [-0.15, -0.1) is 0 Å². The Morgan fingerprint density at radius 1 is 0.943 bits per heavy atom. The van der Waals surface area contributed by atoms with E-state index in [1.165, 1.54) is 36.2 Å². The number of carbonyl (C=O) groups excluding carboxylic acids is 2. The van der Waals surface area contributed by atoms with Crippen molar-refractivity contribution in [1.29, 1.82) is 0 Å². The normalized spacial score (nSPS) is 12.0. The number of nitrogens with one attached hydrogen (secondary N) is 1. The Morgan fingerprint density at radius 3 is 2.14 bits per heavy atom. The molecule has 184 valence electrons. The van der Waals surface area contributed by atoms with E-state index in [0.29, 0.717) is 0 Å². The summed E-state index contributed by atoms with van der Waals surface area (Å²) in [7, 11) is -2.69. The topological polar surface area (TPSA) is 86.8 Å². The summed E-state index contributed by atoms with van der Waals surface area (Å²) >= 11 is 0. The standard InChI is InChI=1S/C26H28FN3O4S/c1-19-9-7-8-10-21(19)17-29(20(2)26(32)28-3)25(31)18-30(23-15-13-22(27)14-16-23)35(33,34)24-11-5-4-6-12-24/h4-16,20H,17-18H2,1-3H3,(H,28,32)/t20-/m0/s1. The first-order chi connectivity index (χ1) is 16.6. The monoisotopic (exact) mass is 497 g/mol. The molecule has 0 saturated carbocycles. The minimum atomic E-state index is -4.17. The van der Waals surface area contributed by atoms with Crippen molar-refractivity contribution in [3.63, 3.8) is 0 Å². The highest BCUT2D eigenvalue weighted by atomic mass is 32.2. The molecule has 1 atom stereocenters. The summed E-state index contributed by atoms with van der Waals surface area (Å²) in [5.74, 6) is -1.49. The fourth-order valence-corrected chi connectivity index (χ4v) is 5.05. The van der Waals surface area contributed by atoms with Crippen LogP contribution in [0.5, 0.6) is 0 Å². The Balaban J connectivity index is 2.02. The van der Waals surface area contributed by atoms with Crippen LogP contribution in [0.1, 0.15) is 18.1 Å². The molecule has 2 amide bonds. The van der Waals surface area contributed by atoms with Crippen LogP contribution >= 0.6 is 0 Å². The van der Waals surface area contributed by atoms with Gasteiger partial charge in [0.05, 0.1) is 10.6 Å². The molecule has 0 heterocycles. The molecule has 0 radical (unpaired) electrons. The van der Waals surface area contributed by atoms with Crippen LogP contribution in [0.4, 0.5) is 10.1 Å². The molecule has 0 aliphatic carbocycles. The lowest BCUT2D eigenvalue weighted by Crippen LogP contribution is -2.50. The number of hydrogen-bond acceptors (Lipinski definition) is 4. The first kappa shape index (κ1) is 25.9. The zero-order chi connectivity index (χ0) is 25.6. The average molecular weight is 498 g/mol. The maximum atomic E-state index is 13.6. The lowest BCUT2D eigenvalue weighted by Gasteiger charge is -2.32. The lowest BCUT2D eigenvalue weighted by molar-refractivity contribution is -0.139. The van der Waals surface area contributed by atoms with Gasteiger partial charge in [-0.1, -0.05) is 42.5 Å². The van der Waals surface area contributed by atoms with Gasteiger partial charge in [0, 0.05) is 13.6 Å². The molecule has 0 unspecified atom stereocenters. The second-order valence-corrected chi connectivity index (χ2v) is 9.90. The molecule has 0 fully saturated rings. The zero-order valence-corrected chi connectivity index (χ0v) is 20.6. The van der Waals surface area contributed by atoms with E-state index in [1.54, 1.807) is 25.1 Å². The molecule has 3 aromatic rings. The van der Waals surface area contributed by atoms with Crippen LogP contribution in [-0.4, -0.2) is 44.8 Å². The highest BCUT2D eigenvalue weighted by Gasteiger charge is 2.32. The fourth-order valence-electron chi connectivity index (χ4n) is 3.62. The first-order valence-corrected chi connectivity index (χ1v) is 12.5. The Morgan fingerprint density at radius 2 is 1.54 bits per heavy atom. The van der Waals surface area contributed by atoms with Gasteiger partial charge in [-0.25, -0.2) is 12.8 Å². The second kappa shape index (κ2) is 11.1. The summed E-state index contributed by atoms with van der Waals surface area (Å²) in [6.45, 7) is 3.02. The number of carbonyl (C=O) groups is 2. The summed E-state index contributed by atoms with van der Waals surface area (Å²) in [6.07, 6.45) is 0. The fraction of sp³-hybridized carbons (Fsp3) is 0.231. The number of hydrogen-bond donors (Lipinski definition) is 1. The quantitative estimate of drug-likeness (QED) is 0.490. The van der Waals surface area contributed by atoms with E-state index in [2.05, 4.69) is 5.32 Å².